The molecule has 3 N–H and O–H groups in total. The van der Waals surface area contributed by atoms with Crippen LogP contribution in [0.1, 0.15) is 28.3 Å². The summed E-state index contributed by atoms with van der Waals surface area (Å²) in [4.78, 5) is 17.0. The normalized spacial score (nSPS) is 12.7. The smallest absolute Gasteiger partial charge is 0.309 e. The van der Waals surface area contributed by atoms with E-state index in [1.807, 2.05) is 19.2 Å². The van der Waals surface area contributed by atoms with Gasteiger partial charge in [-0.3, -0.25) is 0 Å². The molecule has 1 atom stereocenters. The molecule has 0 spiro atoms. The van der Waals surface area contributed by atoms with Crippen LogP contribution in [0.15, 0.2) is 41.2 Å². The lowest BCUT2D eigenvalue weighted by molar-refractivity contribution is 0.687. The van der Waals surface area contributed by atoms with Crippen LogP contribution in [0.3, 0.4) is 0 Å². The first-order valence-corrected chi connectivity index (χ1v) is 7.05. The van der Waals surface area contributed by atoms with Crippen LogP contribution < -0.4 is 11.0 Å². The van der Waals surface area contributed by atoms with E-state index >= 15 is 0 Å². The van der Waals surface area contributed by atoms with Gasteiger partial charge >= 0.3 is 5.69 Å². The maximum atomic E-state index is 11.4. The number of rotatable bonds is 3. The second kappa shape index (κ2) is 5.22. The summed E-state index contributed by atoms with van der Waals surface area (Å²) >= 11 is 0. The Balaban J connectivity index is 2.12. The van der Waals surface area contributed by atoms with Crippen LogP contribution in [0.2, 0.25) is 0 Å². The largest absolute Gasteiger partial charge is 0.323 e. The Kier molecular flexibility index (Phi) is 3.39. The molecule has 4 heteroatoms. The molecule has 21 heavy (non-hydrogen) atoms. The van der Waals surface area contributed by atoms with E-state index in [2.05, 4.69) is 53.4 Å². The van der Waals surface area contributed by atoms with Crippen molar-refractivity contribution >= 4 is 11.0 Å². The van der Waals surface area contributed by atoms with Gasteiger partial charge < -0.3 is 15.3 Å². The van der Waals surface area contributed by atoms with Gasteiger partial charge in [0.2, 0.25) is 0 Å². The third-order valence-corrected chi connectivity index (χ3v) is 3.91. The number of aromatic nitrogens is 2. The lowest BCUT2D eigenvalue weighted by Gasteiger charge is -2.20. The quantitative estimate of drug-likeness (QED) is 0.691. The lowest BCUT2D eigenvalue weighted by atomic mass is 9.93. The molecule has 4 nitrogen and oxygen atoms in total. The van der Waals surface area contributed by atoms with Gasteiger partial charge in [0.25, 0.3) is 0 Å². The van der Waals surface area contributed by atoms with Gasteiger partial charge in [0.1, 0.15) is 0 Å². The Hall–Kier alpha value is -2.33. The molecule has 0 saturated heterocycles. The predicted octanol–water partition coefficient (Wildman–Crippen LogP) is 2.78. The van der Waals surface area contributed by atoms with Gasteiger partial charge in [0, 0.05) is 0 Å². The number of aromatic amines is 2. The Morgan fingerprint density at radius 1 is 1.00 bits per heavy atom. The van der Waals surface area contributed by atoms with Crippen LogP contribution in [0.4, 0.5) is 0 Å². The Morgan fingerprint density at radius 3 is 2.52 bits per heavy atom. The SMILES string of the molecule is CNC(c1ccc2[nH]c(=O)[nH]c2c1)c1cc(C)ccc1C. The van der Waals surface area contributed by atoms with Crippen LogP contribution in [0.25, 0.3) is 11.0 Å². The van der Waals surface area contributed by atoms with Crippen molar-refractivity contribution in [3.63, 3.8) is 0 Å². The summed E-state index contributed by atoms with van der Waals surface area (Å²) in [5.41, 5.74) is 6.38. The third-order valence-electron chi connectivity index (χ3n) is 3.91. The molecule has 0 saturated carbocycles. The fourth-order valence-electron chi connectivity index (χ4n) is 2.80. The second-order valence-electron chi connectivity index (χ2n) is 5.47. The highest BCUT2D eigenvalue weighted by Crippen LogP contribution is 2.27. The number of fused-ring (bicyclic) bond motifs is 1. The Labute approximate surface area is 123 Å². The fourth-order valence-corrected chi connectivity index (χ4v) is 2.80. The van der Waals surface area contributed by atoms with Crippen LogP contribution >= 0.6 is 0 Å². The van der Waals surface area contributed by atoms with Gasteiger partial charge in [-0.05, 0) is 49.7 Å². The van der Waals surface area contributed by atoms with E-state index in [1.165, 1.54) is 16.7 Å². The summed E-state index contributed by atoms with van der Waals surface area (Å²) in [6.07, 6.45) is 0. The number of aryl methyl sites for hydroxylation is 2. The van der Waals surface area contributed by atoms with Crippen LogP contribution in [0, 0.1) is 13.8 Å². The van der Waals surface area contributed by atoms with Crippen molar-refractivity contribution in [3.05, 3.63) is 69.1 Å². The molecule has 3 aromatic rings. The molecule has 0 fully saturated rings. The van der Waals surface area contributed by atoms with Crippen molar-refractivity contribution in [2.75, 3.05) is 7.05 Å². The van der Waals surface area contributed by atoms with Crippen molar-refractivity contribution in [1.29, 1.82) is 0 Å². The summed E-state index contributed by atoms with van der Waals surface area (Å²) in [7, 11) is 1.95. The molecule has 1 unspecified atom stereocenters. The number of H-pyrrole nitrogens is 2. The molecule has 3 rings (SSSR count). The first-order chi connectivity index (χ1) is 10.1. The molecule has 108 valence electrons. The zero-order valence-corrected chi connectivity index (χ0v) is 12.4. The Bertz CT molecular complexity index is 845. The highest BCUT2D eigenvalue weighted by Gasteiger charge is 2.15. The van der Waals surface area contributed by atoms with E-state index in [-0.39, 0.29) is 11.7 Å². The van der Waals surface area contributed by atoms with Crippen molar-refractivity contribution < 1.29 is 0 Å². The number of hydrogen-bond donors (Lipinski definition) is 3. The van der Waals surface area contributed by atoms with Gasteiger partial charge in [-0.1, -0.05) is 29.8 Å². The molecule has 0 aliphatic carbocycles. The average molecular weight is 281 g/mol. The number of imidazole rings is 1. The minimum atomic E-state index is -0.171. The zero-order chi connectivity index (χ0) is 15.0. The second-order valence-corrected chi connectivity index (χ2v) is 5.47. The molecular weight excluding hydrogens is 262 g/mol. The van der Waals surface area contributed by atoms with E-state index < -0.39 is 0 Å². The van der Waals surface area contributed by atoms with Crippen molar-refractivity contribution in [1.82, 2.24) is 15.3 Å². The average Bonchev–Trinajstić information content (AvgIpc) is 2.83. The van der Waals surface area contributed by atoms with Crippen molar-refractivity contribution in [3.8, 4) is 0 Å². The number of benzene rings is 2. The summed E-state index contributed by atoms with van der Waals surface area (Å²) in [6.45, 7) is 4.22. The lowest BCUT2D eigenvalue weighted by Crippen LogP contribution is -2.18. The maximum Gasteiger partial charge on any atom is 0.323 e. The summed E-state index contributed by atoms with van der Waals surface area (Å²) in [6, 6.07) is 12.6. The molecule has 1 heterocycles. The predicted molar refractivity (Wildman–Crippen MR) is 85.7 cm³/mol. The highest BCUT2D eigenvalue weighted by molar-refractivity contribution is 5.75. The van der Waals surface area contributed by atoms with Gasteiger partial charge in [-0.25, -0.2) is 4.79 Å². The van der Waals surface area contributed by atoms with E-state index in [1.54, 1.807) is 0 Å². The zero-order valence-electron chi connectivity index (χ0n) is 12.4. The minimum Gasteiger partial charge on any atom is -0.309 e. The monoisotopic (exact) mass is 281 g/mol. The molecule has 0 bridgehead atoms. The molecular formula is C17H19N3O. The summed E-state index contributed by atoms with van der Waals surface area (Å²) in [5.74, 6) is 0. The molecule has 0 aliphatic heterocycles. The summed E-state index contributed by atoms with van der Waals surface area (Å²) < 4.78 is 0. The van der Waals surface area contributed by atoms with E-state index in [0.717, 1.165) is 16.6 Å². The number of hydrogen-bond acceptors (Lipinski definition) is 2. The van der Waals surface area contributed by atoms with Crippen molar-refractivity contribution in [2.45, 2.75) is 19.9 Å². The summed E-state index contributed by atoms with van der Waals surface area (Å²) in [5, 5.41) is 3.37. The Morgan fingerprint density at radius 2 is 1.76 bits per heavy atom. The topological polar surface area (TPSA) is 60.7 Å². The first-order valence-electron chi connectivity index (χ1n) is 7.05. The molecule has 0 amide bonds. The fraction of sp³-hybridized carbons (Fsp3) is 0.235. The third kappa shape index (κ3) is 2.50. The molecule has 0 radical (unpaired) electrons. The van der Waals surface area contributed by atoms with Gasteiger partial charge in [-0.2, -0.15) is 0 Å². The van der Waals surface area contributed by atoms with E-state index in [0.29, 0.717) is 0 Å². The maximum absolute atomic E-state index is 11.4. The van der Waals surface area contributed by atoms with Crippen LogP contribution in [-0.4, -0.2) is 17.0 Å². The van der Waals surface area contributed by atoms with Crippen molar-refractivity contribution in [2.24, 2.45) is 0 Å². The highest BCUT2D eigenvalue weighted by atomic mass is 16.1. The molecule has 0 aliphatic rings. The van der Waals surface area contributed by atoms with E-state index in [9.17, 15) is 4.79 Å². The molecule has 2 aromatic carbocycles. The standard InChI is InChI=1S/C17H19N3O/c1-10-4-5-11(2)13(8-10)16(18-3)12-6-7-14-15(9-12)20-17(21)19-14/h4-9,16,18H,1-3H3,(H2,19,20,21). The van der Waals surface area contributed by atoms with E-state index in [4.69, 9.17) is 0 Å². The molecule has 1 aromatic heterocycles. The van der Waals surface area contributed by atoms with Crippen LogP contribution in [-0.2, 0) is 0 Å². The van der Waals surface area contributed by atoms with Crippen LogP contribution in [0.5, 0.6) is 0 Å². The number of nitrogens with one attached hydrogen (secondary N) is 3. The van der Waals surface area contributed by atoms with Gasteiger partial charge in [0.15, 0.2) is 0 Å². The minimum absolute atomic E-state index is 0.104. The van der Waals surface area contributed by atoms with Gasteiger partial charge in [-0.15, -0.1) is 0 Å². The first kappa shape index (κ1) is 13.6. The van der Waals surface area contributed by atoms with Gasteiger partial charge in [0.05, 0.1) is 17.1 Å².